The Morgan fingerprint density at radius 1 is 1.00 bits per heavy atom. The third-order valence-corrected chi connectivity index (χ3v) is 5.38. The van der Waals surface area contributed by atoms with Crippen LogP contribution in [0, 0.1) is 5.82 Å². The van der Waals surface area contributed by atoms with Gasteiger partial charge in [-0.2, -0.15) is 0 Å². The lowest BCUT2D eigenvalue weighted by molar-refractivity contribution is -0.129. The number of halogens is 3. The normalized spacial score (nSPS) is 14.2. The average Bonchev–Trinajstić information content (AvgIpc) is 3.15. The number of hydrogen-bond donors (Lipinski definition) is 0. The number of ether oxygens (including phenoxy) is 3. The van der Waals surface area contributed by atoms with Gasteiger partial charge in [-0.1, -0.05) is 41.4 Å². The summed E-state index contributed by atoms with van der Waals surface area (Å²) in [6.45, 7) is 2.45. The lowest BCUT2D eigenvalue weighted by Gasteiger charge is -2.13. The Morgan fingerprint density at radius 2 is 1.85 bits per heavy atom. The van der Waals surface area contributed by atoms with Crippen LogP contribution in [0.2, 0.25) is 10.0 Å². The zero-order valence-corrected chi connectivity index (χ0v) is 19.0. The highest BCUT2D eigenvalue weighted by atomic mass is 35.5. The van der Waals surface area contributed by atoms with E-state index in [0.29, 0.717) is 44.8 Å². The van der Waals surface area contributed by atoms with E-state index in [2.05, 4.69) is 4.99 Å². The first-order valence-electron chi connectivity index (χ1n) is 10.0. The number of rotatable bonds is 7. The van der Waals surface area contributed by atoms with E-state index < -0.39 is 5.97 Å². The van der Waals surface area contributed by atoms with Crippen LogP contribution in [0.15, 0.2) is 71.4 Å². The van der Waals surface area contributed by atoms with Crippen LogP contribution < -0.4 is 9.47 Å². The van der Waals surface area contributed by atoms with E-state index in [9.17, 15) is 9.18 Å². The SMILES string of the molecule is CCOc1cc(/C=C2/N=C(c3ccc(Cl)c(Cl)c3)OC2=O)ccc1OCc1cccc(F)c1. The number of carbonyl (C=O) groups excluding carboxylic acids is 1. The quantitative estimate of drug-likeness (QED) is 0.284. The lowest BCUT2D eigenvalue weighted by atomic mass is 10.1. The van der Waals surface area contributed by atoms with E-state index >= 15 is 0 Å². The Kier molecular flexibility index (Phi) is 6.96. The van der Waals surface area contributed by atoms with Crippen molar-refractivity contribution < 1.29 is 23.4 Å². The minimum Gasteiger partial charge on any atom is -0.490 e. The first-order valence-corrected chi connectivity index (χ1v) is 10.8. The predicted molar refractivity (Wildman–Crippen MR) is 125 cm³/mol. The number of esters is 1. The van der Waals surface area contributed by atoms with Crippen LogP contribution in [0.25, 0.3) is 6.08 Å². The molecule has 168 valence electrons. The molecule has 0 saturated carbocycles. The molecule has 3 aromatic carbocycles. The van der Waals surface area contributed by atoms with Crippen molar-refractivity contribution in [1.82, 2.24) is 0 Å². The number of benzene rings is 3. The van der Waals surface area contributed by atoms with Gasteiger partial charge in [0.25, 0.3) is 0 Å². The van der Waals surface area contributed by atoms with E-state index in [1.165, 1.54) is 12.1 Å². The molecule has 1 aliphatic heterocycles. The molecule has 3 aromatic rings. The van der Waals surface area contributed by atoms with Crippen LogP contribution in [-0.4, -0.2) is 18.5 Å². The Morgan fingerprint density at radius 3 is 2.61 bits per heavy atom. The van der Waals surface area contributed by atoms with Crippen molar-refractivity contribution in [3.63, 3.8) is 0 Å². The van der Waals surface area contributed by atoms with Gasteiger partial charge in [0, 0.05) is 5.56 Å². The van der Waals surface area contributed by atoms with Crippen molar-refractivity contribution in [2.75, 3.05) is 6.61 Å². The average molecular weight is 486 g/mol. The van der Waals surface area contributed by atoms with Crippen LogP contribution in [0.1, 0.15) is 23.6 Å². The van der Waals surface area contributed by atoms with E-state index in [4.69, 9.17) is 37.4 Å². The molecule has 0 aliphatic carbocycles. The third kappa shape index (κ3) is 5.53. The molecule has 0 radical (unpaired) electrons. The molecule has 0 atom stereocenters. The fraction of sp³-hybridized carbons (Fsp3) is 0.120. The van der Waals surface area contributed by atoms with Gasteiger partial charge in [-0.05, 0) is 66.6 Å². The minimum atomic E-state index is -0.583. The summed E-state index contributed by atoms with van der Waals surface area (Å²) in [5.74, 6) is 0.221. The third-order valence-electron chi connectivity index (χ3n) is 4.64. The molecule has 0 saturated heterocycles. The maximum absolute atomic E-state index is 13.4. The molecule has 1 aliphatic rings. The van der Waals surface area contributed by atoms with Crippen molar-refractivity contribution >= 4 is 41.1 Å². The largest absolute Gasteiger partial charge is 0.490 e. The Bertz CT molecular complexity index is 1270. The molecule has 5 nitrogen and oxygen atoms in total. The molecule has 4 rings (SSSR count). The summed E-state index contributed by atoms with van der Waals surface area (Å²) in [6, 6.07) is 16.3. The van der Waals surface area contributed by atoms with Crippen LogP contribution in [0.3, 0.4) is 0 Å². The number of hydrogen-bond acceptors (Lipinski definition) is 5. The highest BCUT2D eigenvalue weighted by Crippen LogP contribution is 2.31. The lowest BCUT2D eigenvalue weighted by Crippen LogP contribution is -2.05. The van der Waals surface area contributed by atoms with Gasteiger partial charge >= 0.3 is 5.97 Å². The number of carbonyl (C=O) groups is 1. The van der Waals surface area contributed by atoms with Crippen LogP contribution in [-0.2, 0) is 16.1 Å². The van der Waals surface area contributed by atoms with Gasteiger partial charge in [0.2, 0.25) is 5.90 Å². The van der Waals surface area contributed by atoms with Crippen molar-refractivity contribution in [3.8, 4) is 11.5 Å². The molecular weight excluding hydrogens is 468 g/mol. The summed E-state index contributed by atoms with van der Waals surface area (Å²) >= 11 is 12.0. The van der Waals surface area contributed by atoms with Gasteiger partial charge in [-0.25, -0.2) is 14.2 Å². The highest BCUT2D eigenvalue weighted by molar-refractivity contribution is 6.42. The standard InChI is InChI=1S/C25H18Cl2FNO4/c1-2-31-23-12-15(6-9-22(23)32-14-16-4-3-5-18(28)10-16)11-21-25(30)33-24(29-21)17-7-8-19(26)20(27)13-17/h3-13H,2,14H2,1H3/b21-11+. The number of cyclic esters (lactones) is 1. The zero-order chi connectivity index (χ0) is 23.4. The van der Waals surface area contributed by atoms with Crippen molar-refractivity contribution in [1.29, 1.82) is 0 Å². The maximum atomic E-state index is 13.4. The van der Waals surface area contributed by atoms with Gasteiger partial charge in [-0.3, -0.25) is 0 Å². The zero-order valence-electron chi connectivity index (χ0n) is 17.5. The predicted octanol–water partition coefficient (Wildman–Crippen LogP) is 6.45. The van der Waals surface area contributed by atoms with Gasteiger partial charge in [0.15, 0.2) is 17.2 Å². The van der Waals surface area contributed by atoms with Gasteiger partial charge in [0.05, 0.1) is 16.7 Å². The first kappa shape index (κ1) is 22.8. The van der Waals surface area contributed by atoms with Crippen molar-refractivity contribution in [2.24, 2.45) is 4.99 Å². The van der Waals surface area contributed by atoms with E-state index in [1.807, 2.05) is 6.92 Å². The Labute approximate surface area is 200 Å². The smallest absolute Gasteiger partial charge is 0.363 e. The molecule has 0 N–H and O–H groups in total. The fourth-order valence-electron chi connectivity index (χ4n) is 3.11. The van der Waals surface area contributed by atoms with E-state index in [0.717, 1.165) is 0 Å². The summed E-state index contributed by atoms with van der Waals surface area (Å²) in [4.78, 5) is 16.6. The Hall–Kier alpha value is -3.35. The monoisotopic (exact) mass is 485 g/mol. The van der Waals surface area contributed by atoms with Gasteiger partial charge < -0.3 is 14.2 Å². The molecule has 1 heterocycles. The Balaban J connectivity index is 1.56. The molecule has 0 amide bonds. The first-order chi connectivity index (χ1) is 15.9. The highest BCUT2D eigenvalue weighted by Gasteiger charge is 2.24. The topological polar surface area (TPSA) is 57.1 Å². The summed E-state index contributed by atoms with van der Waals surface area (Å²) in [6.07, 6.45) is 1.59. The fourth-order valence-corrected chi connectivity index (χ4v) is 3.41. The summed E-state index contributed by atoms with van der Waals surface area (Å²) < 4.78 is 30.2. The number of nitrogens with zero attached hydrogens (tertiary/aromatic N) is 1. The maximum Gasteiger partial charge on any atom is 0.363 e. The van der Waals surface area contributed by atoms with Crippen molar-refractivity contribution in [3.05, 3.63) is 98.9 Å². The van der Waals surface area contributed by atoms with Crippen LogP contribution in [0.5, 0.6) is 11.5 Å². The van der Waals surface area contributed by atoms with Crippen LogP contribution in [0.4, 0.5) is 4.39 Å². The summed E-state index contributed by atoms with van der Waals surface area (Å²) in [5, 5.41) is 0.727. The van der Waals surface area contributed by atoms with Crippen molar-refractivity contribution in [2.45, 2.75) is 13.5 Å². The second-order valence-corrected chi connectivity index (χ2v) is 7.84. The van der Waals surface area contributed by atoms with Gasteiger partial charge in [-0.15, -0.1) is 0 Å². The molecule has 0 spiro atoms. The second kappa shape index (κ2) is 10.1. The molecule has 0 bridgehead atoms. The number of aliphatic imine (C=N–C) groups is 1. The molecule has 0 unspecified atom stereocenters. The molecule has 0 fully saturated rings. The summed E-state index contributed by atoms with van der Waals surface area (Å²) in [5.41, 5.74) is 2.04. The minimum absolute atomic E-state index is 0.131. The molecular formula is C25H18Cl2FNO4. The molecule has 33 heavy (non-hydrogen) atoms. The van der Waals surface area contributed by atoms with Gasteiger partial charge in [0.1, 0.15) is 12.4 Å². The van der Waals surface area contributed by atoms with Crippen LogP contribution >= 0.6 is 23.2 Å². The molecule has 0 aromatic heterocycles. The molecule has 8 heteroatoms. The summed E-state index contributed by atoms with van der Waals surface area (Å²) in [7, 11) is 0. The van der Waals surface area contributed by atoms with E-state index in [-0.39, 0.29) is 24.0 Å². The van der Waals surface area contributed by atoms with E-state index in [1.54, 1.807) is 54.6 Å². The second-order valence-electron chi connectivity index (χ2n) is 7.02.